The molecular weight excluding hydrogens is 1170 g/mol. The van der Waals surface area contributed by atoms with Crippen molar-refractivity contribution in [3.8, 4) is 0 Å². The number of unbranched alkanes of at least 4 members (excludes halogenated alkanes) is 42. The molecule has 89 heavy (non-hydrogen) atoms. The van der Waals surface area contributed by atoms with Crippen molar-refractivity contribution in [2.45, 2.75) is 380 Å². The van der Waals surface area contributed by atoms with E-state index < -0.39 is 97.5 Å². The molecule has 0 rings (SSSR count). The Balaban J connectivity index is 5.21. The number of carbonyl (C=O) groups is 4. The Morgan fingerprint density at radius 1 is 0.303 bits per heavy atom. The van der Waals surface area contributed by atoms with E-state index in [0.29, 0.717) is 25.7 Å². The van der Waals surface area contributed by atoms with E-state index in [1.54, 1.807) is 0 Å². The first kappa shape index (κ1) is 87.1. The molecule has 17 nitrogen and oxygen atoms in total. The number of aliphatic hydroxyl groups excluding tert-OH is 1. The van der Waals surface area contributed by atoms with Gasteiger partial charge in [-0.3, -0.25) is 37.3 Å². The van der Waals surface area contributed by atoms with Crippen LogP contribution in [-0.2, 0) is 65.4 Å². The molecule has 3 N–H and O–H groups in total. The monoisotopic (exact) mass is 1310 g/mol. The zero-order valence-electron chi connectivity index (χ0n) is 57.6. The van der Waals surface area contributed by atoms with Gasteiger partial charge in [-0.15, -0.1) is 0 Å². The second kappa shape index (κ2) is 63.5. The normalized spacial score (nSPS) is 14.1. The smallest absolute Gasteiger partial charge is 0.462 e. The summed E-state index contributed by atoms with van der Waals surface area (Å²) >= 11 is 0. The lowest BCUT2D eigenvalue weighted by atomic mass is 10.0. The topological polar surface area (TPSA) is 237 Å². The molecular formula is C70H136O17P2. The van der Waals surface area contributed by atoms with Crippen molar-refractivity contribution >= 4 is 39.5 Å². The molecule has 0 aliphatic heterocycles. The predicted molar refractivity (Wildman–Crippen MR) is 358 cm³/mol. The van der Waals surface area contributed by atoms with Crippen LogP contribution in [0.2, 0.25) is 0 Å². The summed E-state index contributed by atoms with van der Waals surface area (Å²) in [6, 6.07) is 0. The third-order valence-corrected chi connectivity index (χ3v) is 18.2. The van der Waals surface area contributed by atoms with Gasteiger partial charge in [0.05, 0.1) is 26.4 Å². The lowest BCUT2D eigenvalue weighted by molar-refractivity contribution is -0.161. The van der Waals surface area contributed by atoms with Crippen molar-refractivity contribution in [3.05, 3.63) is 0 Å². The minimum absolute atomic E-state index is 0.106. The van der Waals surface area contributed by atoms with Gasteiger partial charge in [-0.05, 0) is 31.6 Å². The fourth-order valence-corrected chi connectivity index (χ4v) is 12.2. The molecule has 19 heteroatoms. The van der Waals surface area contributed by atoms with Crippen LogP contribution in [0, 0.1) is 5.92 Å². The summed E-state index contributed by atoms with van der Waals surface area (Å²) in [5.41, 5.74) is 0. The molecule has 0 fully saturated rings. The number of esters is 4. The van der Waals surface area contributed by atoms with Crippen molar-refractivity contribution in [2.75, 3.05) is 39.6 Å². The third kappa shape index (κ3) is 64.6. The average molecular weight is 1310 g/mol. The summed E-state index contributed by atoms with van der Waals surface area (Å²) in [4.78, 5) is 72.4. The van der Waals surface area contributed by atoms with E-state index in [1.165, 1.54) is 180 Å². The van der Waals surface area contributed by atoms with Gasteiger partial charge >= 0.3 is 39.5 Å². The van der Waals surface area contributed by atoms with Crippen molar-refractivity contribution in [2.24, 2.45) is 5.92 Å². The van der Waals surface area contributed by atoms with Crippen molar-refractivity contribution in [3.63, 3.8) is 0 Å². The first-order valence-corrected chi connectivity index (χ1v) is 39.6. The largest absolute Gasteiger partial charge is 0.472 e. The molecule has 528 valence electrons. The number of phosphoric acid groups is 2. The summed E-state index contributed by atoms with van der Waals surface area (Å²) in [5.74, 6) is -1.34. The van der Waals surface area contributed by atoms with Gasteiger partial charge in [-0.25, -0.2) is 9.13 Å². The molecule has 0 aliphatic rings. The molecule has 0 saturated carbocycles. The van der Waals surface area contributed by atoms with Crippen LogP contribution in [0.4, 0.5) is 0 Å². The molecule has 0 aliphatic carbocycles. The number of carbonyl (C=O) groups excluding carboxylic acids is 4. The summed E-state index contributed by atoms with van der Waals surface area (Å²) < 4.78 is 68.2. The van der Waals surface area contributed by atoms with Crippen LogP contribution in [0.25, 0.3) is 0 Å². The first-order chi connectivity index (χ1) is 43.0. The molecule has 0 saturated heterocycles. The quantitative estimate of drug-likeness (QED) is 0.0222. The molecule has 0 aromatic rings. The van der Waals surface area contributed by atoms with Crippen LogP contribution >= 0.6 is 15.6 Å². The number of hydrogen-bond donors (Lipinski definition) is 3. The van der Waals surface area contributed by atoms with Gasteiger partial charge in [-0.1, -0.05) is 311 Å². The highest BCUT2D eigenvalue weighted by molar-refractivity contribution is 7.47. The maximum Gasteiger partial charge on any atom is 0.472 e. The van der Waals surface area contributed by atoms with Crippen molar-refractivity contribution in [1.82, 2.24) is 0 Å². The summed E-state index contributed by atoms with van der Waals surface area (Å²) in [7, 11) is -9.89. The lowest BCUT2D eigenvalue weighted by Gasteiger charge is -2.21. The van der Waals surface area contributed by atoms with Gasteiger partial charge in [0.15, 0.2) is 12.2 Å². The summed E-state index contributed by atoms with van der Waals surface area (Å²) in [6.07, 6.45) is 49.9. The molecule has 0 radical (unpaired) electrons. The Labute approximate surface area is 543 Å². The first-order valence-electron chi connectivity index (χ1n) is 36.6. The Kier molecular flexibility index (Phi) is 62.1. The van der Waals surface area contributed by atoms with Crippen LogP contribution < -0.4 is 0 Å². The minimum atomic E-state index is -4.95. The zero-order chi connectivity index (χ0) is 65.6. The summed E-state index contributed by atoms with van der Waals surface area (Å²) in [6.45, 7) is 7.23. The molecule has 5 atom stereocenters. The molecule has 0 amide bonds. The fraction of sp³-hybridized carbons (Fsp3) is 0.943. The minimum Gasteiger partial charge on any atom is -0.462 e. The number of rotatable bonds is 70. The second-order valence-corrected chi connectivity index (χ2v) is 28.7. The van der Waals surface area contributed by atoms with Gasteiger partial charge in [0.25, 0.3) is 0 Å². The van der Waals surface area contributed by atoms with Crippen LogP contribution in [-0.4, -0.2) is 96.7 Å². The van der Waals surface area contributed by atoms with Gasteiger partial charge in [0.1, 0.15) is 19.3 Å². The van der Waals surface area contributed by atoms with Crippen molar-refractivity contribution in [1.29, 1.82) is 0 Å². The van der Waals surface area contributed by atoms with Crippen LogP contribution in [0.3, 0.4) is 0 Å². The average Bonchev–Trinajstić information content (AvgIpc) is 3.59. The molecule has 0 spiro atoms. The van der Waals surface area contributed by atoms with E-state index in [9.17, 15) is 43.2 Å². The van der Waals surface area contributed by atoms with E-state index >= 15 is 0 Å². The standard InChI is InChI=1S/C70H136O17P2/c1-6-9-12-15-18-21-23-24-25-28-31-35-39-44-49-54-68(73)81-60-66(87-70(75)56-51-46-41-36-32-29-26-27-30-33-37-42-47-52-63(4)5)62-85-89(78,79)83-58-64(71)57-82-88(76,77)84-61-65(59-80-67(72)53-48-43-38-20-17-14-11-8-3)86-69(74)55-50-45-40-34-22-19-16-13-10-7-2/h63-66,71H,6-62H2,1-5H3,(H,76,77)(H,78,79)/t64-,65+,66+/m0/s1. The Hall–Kier alpha value is -1.94. The molecule has 2 unspecified atom stereocenters. The maximum absolute atomic E-state index is 13.0. The lowest BCUT2D eigenvalue weighted by Crippen LogP contribution is -2.30. The highest BCUT2D eigenvalue weighted by Gasteiger charge is 2.30. The number of phosphoric ester groups is 2. The Morgan fingerprint density at radius 3 is 0.764 bits per heavy atom. The van der Waals surface area contributed by atoms with E-state index in [0.717, 1.165) is 102 Å². The fourth-order valence-electron chi connectivity index (χ4n) is 10.6. The SMILES string of the molecule is CCCCCCCCCCCCCCCCCC(=O)OC[C@H](COP(=O)(O)OC[C@@H](O)COP(=O)(O)OC[C@@H](COC(=O)CCCCCCCCCC)OC(=O)CCCCCCCCCCCC)OC(=O)CCCCCCCCCCCCCCCC(C)C. The molecule has 0 aromatic carbocycles. The van der Waals surface area contributed by atoms with E-state index in [4.69, 9.17) is 37.0 Å². The molecule has 0 bridgehead atoms. The van der Waals surface area contributed by atoms with Gasteiger partial charge < -0.3 is 33.8 Å². The maximum atomic E-state index is 13.0. The number of aliphatic hydroxyl groups is 1. The van der Waals surface area contributed by atoms with Crippen LogP contribution in [0.1, 0.15) is 362 Å². The van der Waals surface area contributed by atoms with E-state index in [-0.39, 0.29) is 25.7 Å². The van der Waals surface area contributed by atoms with Crippen LogP contribution in [0.15, 0.2) is 0 Å². The van der Waals surface area contributed by atoms with Crippen molar-refractivity contribution < 1.29 is 80.2 Å². The molecule has 0 heterocycles. The predicted octanol–water partition coefficient (Wildman–Crippen LogP) is 20.1. The second-order valence-electron chi connectivity index (χ2n) is 25.7. The number of ether oxygens (including phenoxy) is 4. The van der Waals surface area contributed by atoms with E-state index in [1.807, 2.05) is 0 Å². The highest BCUT2D eigenvalue weighted by atomic mass is 31.2. The third-order valence-electron chi connectivity index (χ3n) is 16.3. The zero-order valence-corrected chi connectivity index (χ0v) is 59.4. The Morgan fingerprint density at radius 2 is 0.517 bits per heavy atom. The Bertz CT molecular complexity index is 1720. The van der Waals surface area contributed by atoms with Gasteiger partial charge in [0, 0.05) is 25.7 Å². The summed E-state index contributed by atoms with van der Waals surface area (Å²) in [5, 5.41) is 10.6. The van der Waals surface area contributed by atoms with Crippen LogP contribution in [0.5, 0.6) is 0 Å². The van der Waals surface area contributed by atoms with Gasteiger partial charge in [-0.2, -0.15) is 0 Å². The van der Waals surface area contributed by atoms with Gasteiger partial charge in [0.2, 0.25) is 0 Å². The molecule has 0 aromatic heterocycles. The number of hydrogen-bond acceptors (Lipinski definition) is 15. The van der Waals surface area contributed by atoms with E-state index in [2.05, 4.69) is 34.6 Å². The highest BCUT2D eigenvalue weighted by Crippen LogP contribution is 2.45.